The predicted molar refractivity (Wildman–Crippen MR) is 90.0 cm³/mol. The third kappa shape index (κ3) is 4.58. The number of carbonyl (C=O) groups is 2. The van der Waals surface area contributed by atoms with E-state index >= 15 is 0 Å². The lowest BCUT2D eigenvalue weighted by atomic mass is 9.91. The number of esters is 1. The molecule has 1 aromatic heterocycles. The van der Waals surface area contributed by atoms with E-state index in [4.69, 9.17) is 4.74 Å². The summed E-state index contributed by atoms with van der Waals surface area (Å²) in [4.78, 5) is 27.4. The molecule has 0 saturated carbocycles. The third-order valence-electron chi connectivity index (χ3n) is 3.61. The van der Waals surface area contributed by atoms with Crippen molar-refractivity contribution < 1.29 is 14.3 Å². The Morgan fingerprint density at radius 1 is 1.26 bits per heavy atom. The van der Waals surface area contributed by atoms with Crippen molar-refractivity contribution in [1.29, 1.82) is 0 Å². The van der Waals surface area contributed by atoms with Crippen LogP contribution in [0.2, 0.25) is 0 Å². The number of nitrogens with one attached hydrogen (secondary N) is 2. The van der Waals surface area contributed by atoms with Crippen molar-refractivity contribution in [3.63, 3.8) is 0 Å². The van der Waals surface area contributed by atoms with E-state index in [-0.39, 0.29) is 11.3 Å². The minimum Gasteiger partial charge on any atom is -0.467 e. The van der Waals surface area contributed by atoms with Gasteiger partial charge in [-0.05, 0) is 17.0 Å². The van der Waals surface area contributed by atoms with E-state index < -0.39 is 12.0 Å². The van der Waals surface area contributed by atoms with E-state index in [1.54, 1.807) is 0 Å². The molecule has 23 heavy (non-hydrogen) atoms. The first-order valence-electron chi connectivity index (χ1n) is 7.72. The minimum absolute atomic E-state index is 0.133. The summed E-state index contributed by atoms with van der Waals surface area (Å²) in [6.07, 6.45) is 2.62. The quantitative estimate of drug-likeness (QED) is 0.833. The van der Waals surface area contributed by atoms with Gasteiger partial charge in [-0.15, -0.1) is 0 Å². The number of methoxy groups -OCH3 is 1. The molecule has 1 amide bonds. The molecule has 0 spiro atoms. The lowest BCUT2D eigenvalue weighted by Gasteiger charge is -2.21. The van der Waals surface area contributed by atoms with Crippen LogP contribution in [-0.4, -0.2) is 30.0 Å². The van der Waals surface area contributed by atoms with Crippen LogP contribution in [0.5, 0.6) is 0 Å². The fourth-order valence-electron chi connectivity index (χ4n) is 2.58. The van der Waals surface area contributed by atoms with Gasteiger partial charge in [0, 0.05) is 29.9 Å². The van der Waals surface area contributed by atoms with E-state index in [1.807, 2.05) is 51.2 Å². The lowest BCUT2D eigenvalue weighted by Crippen LogP contribution is -2.44. The van der Waals surface area contributed by atoms with Gasteiger partial charge in [0.05, 0.1) is 7.11 Å². The molecule has 1 atom stereocenters. The molecular weight excluding hydrogens is 292 g/mol. The summed E-state index contributed by atoms with van der Waals surface area (Å²) in [5.41, 5.74) is 1.85. The van der Waals surface area contributed by atoms with Gasteiger partial charge in [0.15, 0.2) is 0 Å². The number of carbonyl (C=O) groups excluding carboxylic acids is 2. The number of ether oxygens (including phenoxy) is 1. The molecule has 0 bridgehead atoms. The molecule has 124 valence electrons. The molecule has 2 rings (SSSR count). The number of benzene rings is 1. The van der Waals surface area contributed by atoms with Crippen molar-refractivity contribution in [3.8, 4) is 0 Å². The average molecular weight is 316 g/mol. The zero-order chi connectivity index (χ0) is 17.0. The summed E-state index contributed by atoms with van der Waals surface area (Å²) < 4.78 is 4.84. The van der Waals surface area contributed by atoms with Crippen LogP contribution in [0.25, 0.3) is 10.9 Å². The van der Waals surface area contributed by atoms with E-state index in [2.05, 4.69) is 10.3 Å². The Kier molecular flexibility index (Phi) is 5.08. The Balaban J connectivity index is 2.16. The standard InChI is InChI=1S/C18H24N2O3/c1-18(2,3)10-16(21)20-15(17(22)23-4)9-12-11-19-14-8-6-5-7-13(12)14/h5-8,11,15,19H,9-10H2,1-4H3,(H,20,21). The second-order valence-corrected chi connectivity index (χ2v) is 6.94. The molecule has 5 nitrogen and oxygen atoms in total. The molecule has 0 aliphatic heterocycles. The lowest BCUT2D eigenvalue weighted by molar-refractivity contribution is -0.145. The van der Waals surface area contributed by atoms with Crippen LogP contribution in [0.1, 0.15) is 32.8 Å². The van der Waals surface area contributed by atoms with Crippen LogP contribution in [-0.2, 0) is 20.7 Å². The summed E-state index contributed by atoms with van der Waals surface area (Å²) in [7, 11) is 1.33. The van der Waals surface area contributed by atoms with Crippen molar-refractivity contribution in [2.24, 2.45) is 5.41 Å². The van der Waals surface area contributed by atoms with Gasteiger partial charge in [-0.3, -0.25) is 4.79 Å². The van der Waals surface area contributed by atoms with Crippen molar-refractivity contribution in [2.45, 2.75) is 39.7 Å². The van der Waals surface area contributed by atoms with E-state index in [0.717, 1.165) is 16.5 Å². The highest BCUT2D eigenvalue weighted by Crippen LogP contribution is 2.21. The van der Waals surface area contributed by atoms with Gasteiger partial charge in [0.25, 0.3) is 0 Å². The zero-order valence-corrected chi connectivity index (χ0v) is 14.1. The Morgan fingerprint density at radius 2 is 1.96 bits per heavy atom. The van der Waals surface area contributed by atoms with Crippen LogP contribution in [0, 0.1) is 5.41 Å². The molecule has 2 N–H and O–H groups in total. The first-order chi connectivity index (χ1) is 10.8. The number of para-hydroxylation sites is 1. The fraction of sp³-hybridized carbons (Fsp3) is 0.444. The molecule has 2 aromatic rings. The summed E-state index contributed by atoms with van der Waals surface area (Å²) in [5, 5.41) is 3.85. The third-order valence-corrected chi connectivity index (χ3v) is 3.61. The number of aromatic amines is 1. The summed E-state index contributed by atoms with van der Waals surface area (Å²) in [5.74, 6) is -0.578. The van der Waals surface area contributed by atoms with E-state index in [9.17, 15) is 9.59 Å². The van der Waals surface area contributed by atoms with Gasteiger partial charge in [-0.25, -0.2) is 4.79 Å². The molecule has 0 aliphatic carbocycles. The second kappa shape index (κ2) is 6.86. The largest absolute Gasteiger partial charge is 0.467 e. The predicted octanol–water partition coefficient (Wildman–Crippen LogP) is 2.80. The van der Waals surface area contributed by atoms with Crippen LogP contribution in [0.4, 0.5) is 0 Å². The molecule has 0 aliphatic rings. The molecule has 1 unspecified atom stereocenters. The average Bonchev–Trinajstić information content (AvgIpc) is 2.87. The molecule has 1 aromatic carbocycles. The van der Waals surface area contributed by atoms with Gasteiger partial charge < -0.3 is 15.0 Å². The molecule has 5 heteroatoms. The molecule has 0 fully saturated rings. The Morgan fingerprint density at radius 3 is 2.61 bits per heavy atom. The van der Waals surface area contributed by atoms with Crippen LogP contribution in [0.3, 0.4) is 0 Å². The zero-order valence-electron chi connectivity index (χ0n) is 14.1. The molecule has 0 radical (unpaired) electrons. The van der Waals surface area contributed by atoms with Crippen molar-refractivity contribution in [3.05, 3.63) is 36.0 Å². The fourth-order valence-corrected chi connectivity index (χ4v) is 2.58. The smallest absolute Gasteiger partial charge is 0.328 e. The van der Waals surface area contributed by atoms with Crippen molar-refractivity contribution in [2.75, 3.05) is 7.11 Å². The monoisotopic (exact) mass is 316 g/mol. The van der Waals surface area contributed by atoms with E-state index in [0.29, 0.717) is 12.8 Å². The molecular formula is C18H24N2O3. The van der Waals surface area contributed by atoms with Gasteiger partial charge >= 0.3 is 5.97 Å². The number of amides is 1. The minimum atomic E-state index is -0.686. The molecule has 1 heterocycles. The second-order valence-electron chi connectivity index (χ2n) is 6.94. The number of hydrogen-bond acceptors (Lipinski definition) is 3. The number of H-pyrrole nitrogens is 1. The van der Waals surface area contributed by atoms with Crippen molar-refractivity contribution >= 4 is 22.8 Å². The highest BCUT2D eigenvalue weighted by molar-refractivity contribution is 5.87. The Bertz CT molecular complexity index is 698. The van der Waals surface area contributed by atoms with Gasteiger partial charge in [-0.1, -0.05) is 39.0 Å². The van der Waals surface area contributed by atoms with Gasteiger partial charge in [-0.2, -0.15) is 0 Å². The SMILES string of the molecule is COC(=O)C(Cc1c[nH]c2ccccc12)NC(=O)CC(C)(C)C. The topological polar surface area (TPSA) is 71.2 Å². The van der Waals surface area contributed by atoms with E-state index in [1.165, 1.54) is 7.11 Å². The van der Waals surface area contributed by atoms with Crippen LogP contribution in [0.15, 0.2) is 30.5 Å². The Labute approximate surface area is 136 Å². The van der Waals surface area contributed by atoms with Gasteiger partial charge in [0.1, 0.15) is 6.04 Å². The summed E-state index contributed by atoms with van der Waals surface area (Å²) in [6, 6.07) is 7.18. The Hall–Kier alpha value is -2.30. The number of hydrogen-bond donors (Lipinski definition) is 2. The summed E-state index contributed by atoms with van der Waals surface area (Å²) >= 11 is 0. The maximum atomic E-state index is 12.2. The van der Waals surface area contributed by atoms with Crippen molar-refractivity contribution in [1.82, 2.24) is 10.3 Å². The van der Waals surface area contributed by atoms with Gasteiger partial charge in [0.2, 0.25) is 5.91 Å². The first kappa shape index (κ1) is 17.1. The highest BCUT2D eigenvalue weighted by atomic mass is 16.5. The van der Waals surface area contributed by atoms with Crippen LogP contribution < -0.4 is 5.32 Å². The number of fused-ring (bicyclic) bond motifs is 1. The summed E-state index contributed by atoms with van der Waals surface area (Å²) in [6.45, 7) is 5.96. The van der Waals surface area contributed by atoms with Crippen LogP contribution >= 0.6 is 0 Å². The first-order valence-corrected chi connectivity index (χ1v) is 7.72. The maximum Gasteiger partial charge on any atom is 0.328 e. The number of aromatic nitrogens is 1. The molecule has 0 saturated heterocycles. The number of rotatable bonds is 5. The maximum absolute atomic E-state index is 12.2. The normalized spacial score (nSPS) is 12.9. The highest BCUT2D eigenvalue weighted by Gasteiger charge is 2.25.